The van der Waals surface area contributed by atoms with Gasteiger partial charge in [-0.15, -0.1) is 22.7 Å². The van der Waals surface area contributed by atoms with Crippen molar-refractivity contribution in [2.45, 2.75) is 0 Å². The molecule has 11 rings (SSSR count). The van der Waals surface area contributed by atoms with E-state index < -0.39 is 0 Å². The first kappa shape index (κ1) is 27.7. The van der Waals surface area contributed by atoms with Crippen LogP contribution in [0.15, 0.2) is 147 Å². The Labute approximate surface area is 291 Å². The third-order valence-corrected chi connectivity index (χ3v) is 11.5. The van der Waals surface area contributed by atoms with Crippen LogP contribution in [0.3, 0.4) is 0 Å². The Hall–Kier alpha value is -6.22. The molecule has 0 amide bonds. The zero-order valence-electron chi connectivity index (χ0n) is 26.1. The lowest BCUT2D eigenvalue weighted by atomic mass is 9.89. The van der Waals surface area contributed by atoms with E-state index in [0.717, 1.165) is 65.5 Å². The highest BCUT2D eigenvalue weighted by molar-refractivity contribution is 7.23. The van der Waals surface area contributed by atoms with Crippen LogP contribution in [0.2, 0.25) is 0 Å². The summed E-state index contributed by atoms with van der Waals surface area (Å²) in [6, 6.07) is 43.6. The number of hydrogen-bond donors (Lipinski definition) is 1. The molecule has 6 nitrogen and oxygen atoms in total. The van der Waals surface area contributed by atoms with Crippen molar-refractivity contribution < 1.29 is 13.3 Å². The highest BCUT2D eigenvalue weighted by Gasteiger charge is 2.32. The Morgan fingerprint density at radius 3 is 1.86 bits per heavy atom. The number of fused-ring (bicyclic) bond motifs is 5. The fourth-order valence-corrected chi connectivity index (χ4v) is 9.22. The normalized spacial score (nSPS) is 12.0. The maximum absolute atomic E-state index is 6.84. The molecule has 8 heteroatoms. The fraction of sp³-hybridized carbons (Fsp3) is 0. The Kier molecular flexibility index (Phi) is 5.89. The average Bonchev–Trinajstić information content (AvgIpc) is 4.00. The van der Waals surface area contributed by atoms with E-state index in [1.54, 1.807) is 22.7 Å². The molecule has 0 aliphatic heterocycles. The topological polar surface area (TPSA) is 81.0 Å². The third kappa shape index (κ3) is 4.19. The quantitative estimate of drug-likeness (QED) is 0.195. The molecular weight excluding hydrogens is 659 g/mol. The Morgan fingerprint density at radius 2 is 1.16 bits per heavy atom. The van der Waals surface area contributed by atoms with Crippen LogP contribution in [0.4, 0.5) is 0 Å². The molecule has 0 saturated heterocycles. The van der Waals surface area contributed by atoms with E-state index in [0.29, 0.717) is 22.9 Å². The van der Waals surface area contributed by atoms with Crippen LogP contribution in [0, 0.1) is 0 Å². The number of oxazole rings is 2. The van der Waals surface area contributed by atoms with Crippen LogP contribution < -0.4 is 0 Å². The summed E-state index contributed by atoms with van der Waals surface area (Å²) in [5.74, 6) is 1.39. The largest absolute Gasteiger partial charge is 0.456 e. The first-order chi connectivity index (χ1) is 24.7. The monoisotopic (exact) mass is 681 g/mol. The van der Waals surface area contributed by atoms with Crippen molar-refractivity contribution in [1.29, 1.82) is 0 Å². The highest BCUT2D eigenvalue weighted by Crippen LogP contribution is 2.55. The summed E-state index contributed by atoms with van der Waals surface area (Å²) in [7, 11) is 0. The minimum Gasteiger partial charge on any atom is -0.456 e. The van der Waals surface area contributed by atoms with Gasteiger partial charge in [-0.1, -0.05) is 66.7 Å². The lowest BCUT2D eigenvalue weighted by molar-refractivity contribution is 0.550. The summed E-state index contributed by atoms with van der Waals surface area (Å²) in [6.07, 6.45) is 1.93. The number of thiophene rings is 2. The van der Waals surface area contributed by atoms with Crippen LogP contribution in [0.25, 0.3) is 109 Å². The highest BCUT2D eigenvalue weighted by atomic mass is 32.1. The van der Waals surface area contributed by atoms with Gasteiger partial charge in [0.05, 0.1) is 5.56 Å². The average molecular weight is 682 g/mol. The molecule has 0 bridgehead atoms. The summed E-state index contributed by atoms with van der Waals surface area (Å²) in [4.78, 5) is 15.7. The number of furan rings is 1. The predicted octanol–water partition coefficient (Wildman–Crippen LogP) is 12.8. The molecule has 6 heterocycles. The zero-order chi connectivity index (χ0) is 32.8. The SMILES string of the molecule is c1c[nH]c(-c2c(-c3cc4ccccc4o3)c(-c3cc4ccccc4s3)c(-c3cc4ccccc4s3)c3nc(-c4nc5ccccc5o4)oc23)c1. The number of hydrogen-bond acceptors (Lipinski definition) is 7. The van der Waals surface area contributed by atoms with Gasteiger partial charge in [-0.2, -0.15) is 0 Å². The first-order valence-electron chi connectivity index (χ1n) is 16.2. The van der Waals surface area contributed by atoms with Gasteiger partial charge in [0.25, 0.3) is 11.8 Å². The number of rotatable bonds is 5. The van der Waals surface area contributed by atoms with Crippen molar-refractivity contribution in [2.24, 2.45) is 0 Å². The molecule has 5 aromatic carbocycles. The molecule has 236 valence electrons. The molecule has 0 fully saturated rings. The second-order valence-electron chi connectivity index (χ2n) is 12.2. The minimum absolute atomic E-state index is 0.315. The van der Waals surface area contributed by atoms with Crippen LogP contribution in [-0.4, -0.2) is 15.0 Å². The van der Waals surface area contributed by atoms with Gasteiger partial charge < -0.3 is 18.2 Å². The maximum Gasteiger partial charge on any atom is 0.284 e. The Balaban J connectivity index is 1.35. The number of aromatic amines is 1. The van der Waals surface area contributed by atoms with Gasteiger partial charge in [-0.3, -0.25) is 0 Å². The van der Waals surface area contributed by atoms with Gasteiger partial charge in [0, 0.05) is 53.1 Å². The van der Waals surface area contributed by atoms with Crippen molar-refractivity contribution in [3.8, 4) is 55.2 Å². The second-order valence-corrected chi connectivity index (χ2v) is 14.4. The minimum atomic E-state index is 0.315. The first-order valence-corrected chi connectivity index (χ1v) is 17.9. The van der Waals surface area contributed by atoms with Gasteiger partial charge in [0.15, 0.2) is 11.2 Å². The number of nitrogens with one attached hydrogen (secondary N) is 1. The van der Waals surface area contributed by atoms with Crippen molar-refractivity contribution in [3.63, 3.8) is 0 Å². The van der Waals surface area contributed by atoms with E-state index in [1.807, 2.05) is 54.7 Å². The van der Waals surface area contributed by atoms with Gasteiger partial charge in [0.2, 0.25) is 0 Å². The second kappa shape index (κ2) is 10.6. The van der Waals surface area contributed by atoms with E-state index in [1.165, 1.54) is 20.2 Å². The molecule has 1 N–H and O–H groups in total. The van der Waals surface area contributed by atoms with E-state index in [9.17, 15) is 0 Å². The molecule has 11 aromatic rings. The molecule has 0 aliphatic carbocycles. The Bertz CT molecular complexity index is 2930. The maximum atomic E-state index is 6.84. The lowest BCUT2D eigenvalue weighted by Crippen LogP contribution is -1.94. The standard InChI is InChI=1S/C42H23N3O3S2/c1-5-15-28-23(10-1)20-30(46-28)36-35(27-14-9-19-43-27)40-39(45-42(48-40)41-44-26-13-4-6-16-29(26)47-41)38(34-22-25-12-3-8-18-32(25)50-34)37(36)33-21-24-11-2-7-17-31(24)49-33/h1-22,43H. The summed E-state index contributed by atoms with van der Waals surface area (Å²) in [5, 5.41) is 3.37. The van der Waals surface area contributed by atoms with Crippen molar-refractivity contribution in [3.05, 3.63) is 134 Å². The predicted molar refractivity (Wildman–Crippen MR) is 204 cm³/mol. The van der Waals surface area contributed by atoms with Crippen LogP contribution in [0.1, 0.15) is 0 Å². The molecule has 0 radical (unpaired) electrons. The molecule has 6 aromatic heterocycles. The van der Waals surface area contributed by atoms with Crippen molar-refractivity contribution in [2.75, 3.05) is 0 Å². The molecule has 0 unspecified atom stereocenters. The number of nitrogens with zero attached hydrogens (tertiary/aromatic N) is 2. The molecule has 50 heavy (non-hydrogen) atoms. The van der Waals surface area contributed by atoms with E-state index in [4.69, 9.17) is 23.2 Å². The number of aromatic nitrogens is 3. The van der Waals surface area contributed by atoms with Gasteiger partial charge in [-0.25, -0.2) is 9.97 Å². The third-order valence-electron chi connectivity index (χ3n) is 9.20. The number of benzene rings is 5. The van der Waals surface area contributed by atoms with E-state index in [2.05, 4.69) is 83.8 Å². The van der Waals surface area contributed by atoms with Crippen molar-refractivity contribution in [1.82, 2.24) is 15.0 Å². The van der Waals surface area contributed by atoms with Crippen molar-refractivity contribution >= 4 is 76.0 Å². The van der Waals surface area contributed by atoms with Gasteiger partial charge in [-0.05, 0) is 71.4 Å². The molecule has 0 saturated carbocycles. The lowest BCUT2D eigenvalue weighted by Gasteiger charge is -2.17. The fourth-order valence-electron chi connectivity index (χ4n) is 6.99. The summed E-state index contributed by atoms with van der Waals surface area (Å²) < 4.78 is 22.2. The Morgan fingerprint density at radius 1 is 0.500 bits per heavy atom. The van der Waals surface area contributed by atoms with Crippen LogP contribution in [-0.2, 0) is 0 Å². The summed E-state index contributed by atoms with van der Waals surface area (Å²) >= 11 is 3.51. The molecule has 0 atom stereocenters. The van der Waals surface area contributed by atoms with Gasteiger partial charge in [0.1, 0.15) is 22.4 Å². The van der Waals surface area contributed by atoms with Crippen LogP contribution in [0.5, 0.6) is 0 Å². The smallest absolute Gasteiger partial charge is 0.284 e. The van der Waals surface area contributed by atoms with E-state index in [-0.39, 0.29) is 0 Å². The zero-order valence-corrected chi connectivity index (χ0v) is 27.8. The van der Waals surface area contributed by atoms with Crippen LogP contribution >= 0.6 is 22.7 Å². The molecule has 0 spiro atoms. The number of H-pyrrole nitrogens is 1. The van der Waals surface area contributed by atoms with E-state index >= 15 is 0 Å². The molecular formula is C42H23N3O3S2. The summed E-state index contributed by atoms with van der Waals surface area (Å²) in [6.45, 7) is 0. The number of para-hydroxylation sites is 3. The molecule has 0 aliphatic rings. The van der Waals surface area contributed by atoms with Gasteiger partial charge >= 0.3 is 0 Å². The summed E-state index contributed by atoms with van der Waals surface area (Å²) in [5.41, 5.74) is 8.26.